The molecule has 33 heavy (non-hydrogen) atoms. The zero-order valence-electron chi connectivity index (χ0n) is 18.7. The van der Waals surface area contributed by atoms with Crippen molar-refractivity contribution in [1.82, 2.24) is 5.32 Å². The fourth-order valence-corrected chi connectivity index (χ4v) is 8.75. The van der Waals surface area contributed by atoms with E-state index < -0.39 is 22.2 Å². The molecule has 5 fully saturated rings. The van der Waals surface area contributed by atoms with Crippen molar-refractivity contribution < 1.29 is 18.4 Å². The minimum atomic E-state index is -2.42. The van der Waals surface area contributed by atoms with E-state index >= 15 is 0 Å². The molecule has 4 N–H and O–H groups in total. The number of nitrogens with one attached hydrogen (secondary N) is 1. The lowest BCUT2D eigenvalue weighted by molar-refractivity contribution is -0.148. The first-order valence-corrected chi connectivity index (χ1v) is 13.5. The van der Waals surface area contributed by atoms with Crippen LogP contribution in [0.25, 0.3) is 0 Å². The molecule has 5 aliphatic rings. The Balaban J connectivity index is 1.46. The largest absolute Gasteiger partial charge is 0.369 e. The van der Waals surface area contributed by atoms with Gasteiger partial charge in [0.2, 0.25) is 11.8 Å². The highest BCUT2D eigenvalue weighted by molar-refractivity contribution is 7.80. The number of nitrogens with zero attached hydrogens (tertiary/aromatic N) is 1. The molecule has 4 bridgehead atoms. The van der Waals surface area contributed by atoms with Crippen molar-refractivity contribution in [3.63, 3.8) is 0 Å². The minimum absolute atomic E-state index is 0.0273. The van der Waals surface area contributed by atoms with Gasteiger partial charge in [0.25, 0.3) is 11.3 Å². The van der Waals surface area contributed by atoms with E-state index in [1.54, 1.807) is 24.3 Å². The number of primary amides is 1. The van der Waals surface area contributed by atoms with Gasteiger partial charge in [-0.05, 0) is 74.8 Å². The Morgan fingerprint density at radius 2 is 1.73 bits per heavy atom. The van der Waals surface area contributed by atoms with Crippen molar-refractivity contribution in [2.24, 2.45) is 28.9 Å². The fourth-order valence-electron chi connectivity index (χ4n) is 7.59. The summed E-state index contributed by atoms with van der Waals surface area (Å²) in [7, 11) is 0. The molecule has 1 aromatic rings. The minimum Gasteiger partial charge on any atom is -0.369 e. The summed E-state index contributed by atoms with van der Waals surface area (Å²) < 4.78 is 24.4. The lowest BCUT2D eigenvalue weighted by Gasteiger charge is -2.59. The number of hydrogen-bond donors (Lipinski definition) is 3. The van der Waals surface area contributed by atoms with Crippen LogP contribution >= 0.6 is 11.6 Å². The molecule has 9 heteroatoms. The van der Waals surface area contributed by atoms with Crippen molar-refractivity contribution >= 4 is 40.4 Å². The molecule has 5 aliphatic carbocycles. The number of carbonyl (C=O) groups excluding carboxylic acids is 2. The third kappa shape index (κ3) is 3.78. The number of halogens is 1. The molecule has 3 unspecified atom stereocenters. The summed E-state index contributed by atoms with van der Waals surface area (Å²) >= 11 is 4.00. The van der Waals surface area contributed by atoms with Crippen LogP contribution in [0.1, 0.15) is 64.2 Å². The molecule has 2 amide bonds. The second-order valence-corrected chi connectivity index (χ2v) is 11.9. The molecule has 6 rings (SSSR count). The Bertz CT molecular complexity index is 966. The van der Waals surface area contributed by atoms with Crippen molar-refractivity contribution in [2.75, 3.05) is 4.31 Å². The zero-order chi connectivity index (χ0) is 23.4. The summed E-state index contributed by atoms with van der Waals surface area (Å²) in [6.07, 6.45) is 7.92. The SMILES string of the molecule is NC(=O)C12CC3CC(C1)C(NC(=O)C1(N(c4ccccc4Cl)S(=O)O)CCCCC1)C(C3)C2. The topological polar surface area (TPSA) is 113 Å². The zero-order valence-corrected chi connectivity index (χ0v) is 20.2. The molecular formula is C24H32ClN3O4S. The summed E-state index contributed by atoms with van der Waals surface area (Å²) in [4.78, 5) is 26.3. The van der Waals surface area contributed by atoms with Gasteiger partial charge in [0.1, 0.15) is 5.54 Å². The first-order valence-electron chi connectivity index (χ1n) is 12.0. The van der Waals surface area contributed by atoms with Gasteiger partial charge >= 0.3 is 0 Å². The van der Waals surface area contributed by atoms with Crippen molar-refractivity contribution in [3.05, 3.63) is 29.3 Å². The highest BCUT2D eigenvalue weighted by atomic mass is 35.5. The lowest BCUT2D eigenvalue weighted by atomic mass is 9.47. The molecule has 0 saturated heterocycles. The Labute approximate surface area is 202 Å². The maximum atomic E-state index is 14.0. The number of para-hydroxylation sites is 1. The normalized spacial score (nSPS) is 35.1. The van der Waals surface area contributed by atoms with Gasteiger partial charge in [0.05, 0.1) is 10.7 Å². The van der Waals surface area contributed by atoms with E-state index in [0.717, 1.165) is 51.4 Å². The van der Waals surface area contributed by atoms with Crippen LogP contribution in [-0.4, -0.2) is 32.2 Å². The van der Waals surface area contributed by atoms with Gasteiger partial charge in [-0.15, -0.1) is 0 Å². The molecule has 3 atom stereocenters. The molecule has 180 valence electrons. The van der Waals surface area contributed by atoms with Crippen LogP contribution in [0.2, 0.25) is 5.02 Å². The van der Waals surface area contributed by atoms with Gasteiger partial charge in [-0.2, -0.15) is 0 Å². The highest BCUT2D eigenvalue weighted by Crippen LogP contribution is 2.60. The van der Waals surface area contributed by atoms with Crippen LogP contribution in [0.5, 0.6) is 0 Å². The predicted octanol–water partition coefficient (Wildman–Crippen LogP) is 3.78. The van der Waals surface area contributed by atoms with E-state index in [2.05, 4.69) is 5.32 Å². The van der Waals surface area contributed by atoms with Crippen LogP contribution in [0.4, 0.5) is 5.69 Å². The molecule has 0 radical (unpaired) electrons. The fraction of sp³-hybridized carbons (Fsp3) is 0.667. The summed E-state index contributed by atoms with van der Waals surface area (Å²) in [6, 6.07) is 6.87. The van der Waals surface area contributed by atoms with E-state index in [0.29, 0.717) is 29.5 Å². The van der Waals surface area contributed by atoms with E-state index in [1.165, 1.54) is 4.31 Å². The van der Waals surface area contributed by atoms with Gasteiger partial charge < -0.3 is 11.1 Å². The van der Waals surface area contributed by atoms with Crippen LogP contribution in [-0.2, 0) is 20.9 Å². The molecule has 0 aliphatic heterocycles. The van der Waals surface area contributed by atoms with Crippen molar-refractivity contribution in [2.45, 2.75) is 75.8 Å². The second kappa shape index (κ2) is 8.54. The van der Waals surface area contributed by atoms with E-state index in [-0.39, 0.29) is 29.7 Å². The number of amides is 2. The Morgan fingerprint density at radius 3 is 2.30 bits per heavy atom. The van der Waals surface area contributed by atoms with Crippen molar-refractivity contribution in [1.29, 1.82) is 0 Å². The summed E-state index contributed by atoms with van der Waals surface area (Å²) in [5.41, 5.74) is 4.66. The van der Waals surface area contributed by atoms with E-state index in [1.807, 2.05) is 0 Å². The molecule has 0 spiro atoms. The van der Waals surface area contributed by atoms with E-state index in [9.17, 15) is 18.4 Å². The first kappa shape index (κ1) is 23.1. The monoisotopic (exact) mass is 493 g/mol. The Kier molecular flexibility index (Phi) is 5.98. The highest BCUT2D eigenvalue weighted by Gasteiger charge is 2.59. The number of nitrogens with two attached hydrogens (primary N) is 1. The third-order valence-electron chi connectivity index (χ3n) is 8.81. The predicted molar refractivity (Wildman–Crippen MR) is 128 cm³/mol. The van der Waals surface area contributed by atoms with Crippen molar-refractivity contribution in [3.8, 4) is 0 Å². The van der Waals surface area contributed by atoms with Gasteiger partial charge in [-0.25, -0.2) is 4.21 Å². The average molecular weight is 494 g/mol. The van der Waals surface area contributed by atoms with Gasteiger partial charge in [-0.3, -0.25) is 18.4 Å². The summed E-state index contributed by atoms with van der Waals surface area (Å²) in [5, 5.41) is 3.68. The molecular weight excluding hydrogens is 462 g/mol. The average Bonchev–Trinajstić information content (AvgIpc) is 2.77. The first-order chi connectivity index (χ1) is 15.8. The number of hydrogen-bond acceptors (Lipinski definition) is 3. The van der Waals surface area contributed by atoms with Gasteiger partial charge in [-0.1, -0.05) is 43.0 Å². The number of benzene rings is 1. The Morgan fingerprint density at radius 1 is 1.09 bits per heavy atom. The molecule has 0 aromatic heterocycles. The maximum absolute atomic E-state index is 14.0. The summed E-state index contributed by atoms with van der Waals surface area (Å²) in [6.45, 7) is 0. The molecule has 7 nitrogen and oxygen atoms in total. The maximum Gasteiger partial charge on any atom is 0.262 e. The second-order valence-electron chi connectivity index (χ2n) is 10.7. The number of rotatable bonds is 6. The van der Waals surface area contributed by atoms with Crippen LogP contribution < -0.4 is 15.4 Å². The quantitative estimate of drug-likeness (QED) is 0.523. The number of anilines is 1. The van der Waals surface area contributed by atoms with E-state index in [4.69, 9.17) is 17.3 Å². The number of carbonyl (C=O) groups is 2. The van der Waals surface area contributed by atoms with Crippen LogP contribution in [0.3, 0.4) is 0 Å². The smallest absolute Gasteiger partial charge is 0.262 e. The van der Waals surface area contributed by atoms with Crippen LogP contribution in [0.15, 0.2) is 24.3 Å². The molecule has 0 heterocycles. The lowest BCUT2D eigenvalue weighted by Crippen LogP contribution is -2.67. The standard InChI is InChI=1S/C24H32ClN3O4S/c25-18-6-2-3-7-19(18)28(33(31)32)24(8-4-1-5-9-24)22(30)27-20-16-10-15-11-17(20)14-23(12-15,13-16)21(26)29/h2-3,6-7,15-17,20H,1,4-5,8-14H2,(H2,26,29)(H,27,30)(H,31,32). The summed E-state index contributed by atoms with van der Waals surface area (Å²) in [5.74, 6) is 0.547. The molecule has 5 saturated carbocycles. The Hall–Kier alpha value is -1.64. The van der Waals surface area contributed by atoms with Gasteiger partial charge in [0.15, 0.2) is 0 Å². The van der Waals surface area contributed by atoms with Gasteiger partial charge in [0, 0.05) is 11.5 Å². The third-order valence-corrected chi connectivity index (χ3v) is 9.99. The van der Waals surface area contributed by atoms with Crippen LogP contribution in [0, 0.1) is 23.2 Å². The molecule has 1 aromatic carbocycles.